The largest absolute Gasteiger partial charge is 0.365 e. The fourth-order valence-electron chi connectivity index (χ4n) is 4.18. The molecule has 1 aromatic heterocycles. The third kappa shape index (κ3) is 4.20. The van der Waals surface area contributed by atoms with Crippen molar-refractivity contribution in [2.45, 2.75) is 39.3 Å². The molecular formula is C22H25FN4O3S. The van der Waals surface area contributed by atoms with Gasteiger partial charge in [-0.25, -0.2) is 4.39 Å². The van der Waals surface area contributed by atoms with Crippen LogP contribution >= 0.6 is 11.3 Å². The summed E-state index contributed by atoms with van der Waals surface area (Å²) in [4.78, 5) is 42.4. The van der Waals surface area contributed by atoms with Crippen LogP contribution in [0.1, 0.15) is 41.1 Å². The summed E-state index contributed by atoms with van der Waals surface area (Å²) in [5.74, 6) is -2.02. The summed E-state index contributed by atoms with van der Waals surface area (Å²) in [6, 6.07) is 5.99. The summed E-state index contributed by atoms with van der Waals surface area (Å²) in [7, 11) is 0. The van der Waals surface area contributed by atoms with Crippen molar-refractivity contribution in [3.63, 3.8) is 0 Å². The monoisotopic (exact) mass is 444 g/mol. The Labute approximate surface area is 184 Å². The number of fused-ring (bicyclic) bond motifs is 1. The molecule has 2 aliphatic rings. The summed E-state index contributed by atoms with van der Waals surface area (Å²) >= 11 is 1.38. The Morgan fingerprint density at radius 3 is 2.61 bits per heavy atom. The summed E-state index contributed by atoms with van der Waals surface area (Å²) in [5.41, 5.74) is 7.51. The summed E-state index contributed by atoms with van der Waals surface area (Å²) in [6.45, 7) is 6.00. The van der Waals surface area contributed by atoms with Gasteiger partial charge in [0.15, 0.2) is 0 Å². The van der Waals surface area contributed by atoms with Crippen molar-refractivity contribution in [3.8, 4) is 0 Å². The van der Waals surface area contributed by atoms with E-state index in [0.29, 0.717) is 35.3 Å². The Morgan fingerprint density at radius 1 is 1.26 bits per heavy atom. The molecule has 0 radical (unpaired) electrons. The lowest BCUT2D eigenvalue weighted by Gasteiger charge is -2.30. The minimum atomic E-state index is -0.565. The Kier molecular flexibility index (Phi) is 5.81. The number of amides is 3. The number of anilines is 2. The fraction of sp³-hybridized carbons (Fsp3) is 0.409. The van der Waals surface area contributed by atoms with Gasteiger partial charge in [-0.1, -0.05) is 0 Å². The number of nitrogens with one attached hydrogen (secondary N) is 1. The van der Waals surface area contributed by atoms with Crippen molar-refractivity contribution >= 4 is 39.7 Å². The number of nitrogens with two attached hydrogens (primary N) is 1. The first-order valence-electron chi connectivity index (χ1n) is 10.3. The number of primary amides is 1. The lowest BCUT2D eigenvalue weighted by Crippen LogP contribution is -2.35. The van der Waals surface area contributed by atoms with Crippen molar-refractivity contribution in [1.29, 1.82) is 0 Å². The molecule has 1 aromatic carbocycles. The maximum Gasteiger partial charge on any atom is 0.251 e. The zero-order valence-electron chi connectivity index (χ0n) is 17.5. The second-order valence-electron chi connectivity index (χ2n) is 8.26. The van der Waals surface area contributed by atoms with E-state index in [9.17, 15) is 18.8 Å². The zero-order valence-corrected chi connectivity index (χ0v) is 18.3. The highest BCUT2D eigenvalue weighted by Gasteiger charge is 2.36. The van der Waals surface area contributed by atoms with Crippen LogP contribution in [0.5, 0.6) is 0 Å². The van der Waals surface area contributed by atoms with Gasteiger partial charge in [-0.05, 0) is 50.1 Å². The van der Waals surface area contributed by atoms with E-state index in [-0.39, 0.29) is 30.6 Å². The van der Waals surface area contributed by atoms with Gasteiger partial charge >= 0.3 is 0 Å². The van der Waals surface area contributed by atoms with E-state index in [4.69, 9.17) is 5.73 Å². The average molecular weight is 445 g/mol. The number of nitrogens with zero attached hydrogens (tertiary/aromatic N) is 2. The summed E-state index contributed by atoms with van der Waals surface area (Å²) < 4.78 is 13.2. The van der Waals surface area contributed by atoms with Gasteiger partial charge in [0, 0.05) is 42.7 Å². The minimum absolute atomic E-state index is 0.0569. The van der Waals surface area contributed by atoms with Crippen LogP contribution in [0, 0.1) is 11.7 Å². The van der Waals surface area contributed by atoms with Gasteiger partial charge < -0.3 is 16.0 Å². The average Bonchev–Trinajstić information content (AvgIpc) is 3.28. The molecule has 2 aromatic rings. The molecule has 3 amide bonds. The molecule has 1 saturated heterocycles. The molecule has 31 heavy (non-hydrogen) atoms. The third-order valence-electron chi connectivity index (χ3n) is 5.93. The quantitative estimate of drug-likeness (QED) is 0.741. The molecule has 0 saturated carbocycles. The predicted molar refractivity (Wildman–Crippen MR) is 118 cm³/mol. The molecular weight excluding hydrogens is 419 g/mol. The Hall–Kier alpha value is -2.78. The number of thiophene rings is 1. The van der Waals surface area contributed by atoms with Gasteiger partial charge in [0.1, 0.15) is 10.8 Å². The molecule has 164 valence electrons. The van der Waals surface area contributed by atoms with E-state index >= 15 is 0 Å². The van der Waals surface area contributed by atoms with Crippen LogP contribution in [0.15, 0.2) is 24.3 Å². The topological polar surface area (TPSA) is 95.7 Å². The Morgan fingerprint density at radius 2 is 1.97 bits per heavy atom. The number of carbonyl (C=O) groups is 3. The van der Waals surface area contributed by atoms with Crippen LogP contribution in [-0.2, 0) is 22.6 Å². The van der Waals surface area contributed by atoms with Crippen LogP contribution in [0.2, 0.25) is 0 Å². The van der Waals surface area contributed by atoms with E-state index in [1.807, 2.05) is 0 Å². The van der Waals surface area contributed by atoms with Crippen LogP contribution in [0.25, 0.3) is 0 Å². The lowest BCUT2D eigenvalue weighted by molar-refractivity contribution is -0.122. The zero-order chi connectivity index (χ0) is 22.3. The molecule has 7 nitrogen and oxygen atoms in total. The molecule has 0 bridgehead atoms. The summed E-state index contributed by atoms with van der Waals surface area (Å²) in [5, 5.41) is 3.32. The Balaban J connectivity index is 1.52. The van der Waals surface area contributed by atoms with Gasteiger partial charge in [-0.2, -0.15) is 0 Å². The molecule has 0 spiro atoms. The maximum atomic E-state index is 13.2. The second-order valence-corrected chi connectivity index (χ2v) is 9.36. The highest BCUT2D eigenvalue weighted by molar-refractivity contribution is 7.17. The molecule has 0 aliphatic carbocycles. The molecule has 2 aliphatic heterocycles. The number of halogens is 1. The highest BCUT2D eigenvalue weighted by Crippen LogP contribution is 2.38. The molecule has 1 atom stereocenters. The highest BCUT2D eigenvalue weighted by atomic mass is 32.1. The predicted octanol–water partition coefficient (Wildman–Crippen LogP) is 2.74. The number of hydrogen-bond acceptors (Lipinski definition) is 5. The van der Waals surface area contributed by atoms with Crippen molar-refractivity contribution in [2.24, 2.45) is 11.7 Å². The molecule has 4 rings (SSSR count). The van der Waals surface area contributed by atoms with E-state index in [0.717, 1.165) is 17.0 Å². The first-order chi connectivity index (χ1) is 14.7. The van der Waals surface area contributed by atoms with Crippen molar-refractivity contribution in [2.75, 3.05) is 23.3 Å². The number of carbonyl (C=O) groups excluding carboxylic acids is 3. The standard InChI is InChI=1S/C22H25FN4O3S/c1-12(2)26-8-7-16-17(11-26)31-22(19(16)20(24)29)25-21(30)13-9-18(28)27(10-13)15-5-3-14(23)4-6-15/h3-6,12-13H,7-11H2,1-2H3,(H2,24,29)(H,25,30). The maximum absolute atomic E-state index is 13.2. The number of rotatable bonds is 5. The Bertz CT molecular complexity index is 1030. The minimum Gasteiger partial charge on any atom is -0.365 e. The fourth-order valence-corrected chi connectivity index (χ4v) is 5.46. The van der Waals surface area contributed by atoms with Crippen molar-refractivity contribution < 1.29 is 18.8 Å². The van der Waals surface area contributed by atoms with Crippen LogP contribution in [0.4, 0.5) is 15.1 Å². The van der Waals surface area contributed by atoms with Crippen LogP contribution in [0.3, 0.4) is 0 Å². The van der Waals surface area contributed by atoms with Crippen LogP contribution < -0.4 is 16.0 Å². The van der Waals surface area contributed by atoms with Crippen molar-refractivity contribution in [3.05, 3.63) is 46.1 Å². The SMILES string of the molecule is CC(C)N1CCc2c(sc(NC(=O)C3CC(=O)N(c4ccc(F)cc4)C3)c2C(N)=O)C1. The van der Waals surface area contributed by atoms with Gasteiger partial charge in [0.25, 0.3) is 5.91 Å². The molecule has 3 N–H and O–H groups in total. The van der Waals surface area contributed by atoms with E-state index < -0.39 is 11.8 Å². The number of hydrogen-bond donors (Lipinski definition) is 2. The molecule has 1 fully saturated rings. The van der Waals surface area contributed by atoms with Gasteiger partial charge in [-0.15, -0.1) is 11.3 Å². The smallest absolute Gasteiger partial charge is 0.251 e. The first kappa shape index (κ1) is 21.5. The molecule has 9 heteroatoms. The van der Waals surface area contributed by atoms with Crippen molar-refractivity contribution in [1.82, 2.24) is 4.90 Å². The third-order valence-corrected chi connectivity index (χ3v) is 7.07. The lowest BCUT2D eigenvalue weighted by atomic mass is 10.0. The molecule has 3 heterocycles. The summed E-state index contributed by atoms with van der Waals surface area (Å²) in [6.07, 6.45) is 0.764. The van der Waals surface area contributed by atoms with Gasteiger partial charge in [0.05, 0.1) is 11.5 Å². The first-order valence-corrected chi connectivity index (χ1v) is 11.1. The van der Waals surface area contributed by atoms with E-state index in [2.05, 4.69) is 24.1 Å². The molecule has 1 unspecified atom stereocenters. The number of benzene rings is 1. The normalized spacial score (nSPS) is 19.0. The van der Waals surface area contributed by atoms with Crippen LogP contribution in [-0.4, -0.2) is 41.8 Å². The van der Waals surface area contributed by atoms with E-state index in [1.165, 1.54) is 40.5 Å². The second kappa shape index (κ2) is 8.39. The van der Waals surface area contributed by atoms with Gasteiger partial charge in [-0.3, -0.25) is 19.3 Å². The van der Waals surface area contributed by atoms with E-state index in [1.54, 1.807) is 0 Å². The van der Waals surface area contributed by atoms with Gasteiger partial charge in [0.2, 0.25) is 11.8 Å².